The van der Waals surface area contributed by atoms with Crippen molar-refractivity contribution in [3.05, 3.63) is 21.9 Å². The Bertz CT molecular complexity index is 340. The lowest BCUT2D eigenvalue weighted by Crippen LogP contribution is -2.36. The summed E-state index contributed by atoms with van der Waals surface area (Å²) in [5, 5.41) is 12.9. The Morgan fingerprint density at radius 2 is 2.07 bits per heavy atom. The van der Waals surface area contributed by atoms with Crippen LogP contribution in [0.3, 0.4) is 0 Å². The van der Waals surface area contributed by atoms with Crippen LogP contribution in [-0.4, -0.2) is 5.11 Å². The standard InChI is InChI=1S/C12H18OS/c1-9-5-8-14-10(9)12(13)7-4-6-11(12,2)3/h5,8,13H,4,6-7H2,1-3H3. The summed E-state index contributed by atoms with van der Waals surface area (Å²) in [6.07, 6.45) is 3.18. The van der Waals surface area contributed by atoms with Gasteiger partial charge in [0.05, 0.1) is 0 Å². The SMILES string of the molecule is Cc1ccsc1C1(O)CCCC1(C)C. The van der Waals surface area contributed by atoms with Gasteiger partial charge in [-0.15, -0.1) is 11.3 Å². The van der Waals surface area contributed by atoms with Crippen LogP contribution >= 0.6 is 11.3 Å². The fourth-order valence-electron chi connectivity index (χ4n) is 2.55. The van der Waals surface area contributed by atoms with Gasteiger partial charge in [-0.3, -0.25) is 0 Å². The van der Waals surface area contributed by atoms with Crippen LogP contribution in [0.2, 0.25) is 0 Å². The van der Waals surface area contributed by atoms with Crippen LogP contribution in [0.5, 0.6) is 0 Å². The second-order valence-electron chi connectivity index (χ2n) is 5.03. The number of thiophene rings is 1. The molecule has 0 saturated heterocycles. The third kappa shape index (κ3) is 1.24. The Morgan fingerprint density at radius 1 is 1.36 bits per heavy atom. The quantitative estimate of drug-likeness (QED) is 0.752. The molecule has 0 spiro atoms. The van der Waals surface area contributed by atoms with Gasteiger partial charge in [-0.25, -0.2) is 0 Å². The Hall–Kier alpha value is -0.340. The summed E-state index contributed by atoms with van der Waals surface area (Å²) in [5.41, 5.74) is 0.695. The molecule has 2 rings (SSSR count). The molecule has 0 aromatic carbocycles. The maximum absolute atomic E-state index is 10.8. The molecule has 1 aliphatic rings. The molecule has 1 unspecified atom stereocenters. The van der Waals surface area contributed by atoms with E-state index in [0.717, 1.165) is 19.3 Å². The first kappa shape index (κ1) is 10.2. The molecule has 1 aliphatic carbocycles. The molecule has 1 fully saturated rings. The zero-order valence-corrected chi connectivity index (χ0v) is 9.95. The normalized spacial score (nSPS) is 30.9. The largest absolute Gasteiger partial charge is 0.384 e. The van der Waals surface area contributed by atoms with Gasteiger partial charge in [-0.2, -0.15) is 0 Å². The van der Waals surface area contributed by atoms with E-state index in [1.165, 1.54) is 10.4 Å². The maximum Gasteiger partial charge on any atom is 0.104 e. The lowest BCUT2D eigenvalue weighted by atomic mass is 9.76. The smallest absolute Gasteiger partial charge is 0.104 e. The molecule has 1 heterocycles. The van der Waals surface area contributed by atoms with Crippen molar-refractivity contribution in [2.24, 2.45) is 5.41 Å². The Morgan fingerprint density at radius 3 is 2.50 bits per heavy atom. The highest BCUT2D eigenvalue weighted by Crippen LogP contribution is 2.54. The molecule has 1 atom stereocenters. The van der Waals surface area contributed by atoms with Gasteiger partial charge >= 0.3 is 0 Å². The van der Waals surface area contributed by atoms with Crippen molar-refractivity contribution in [1.29, 1.82) is 0 Å². The Kier molecular flexibility index (Phi) is 2.24. The molecule has 0 bridgehead atoms. The first-order valence-corrected chi connectivity index (χ1v) is 6.12. The zero-order valence-electron chi connectivity index (χ0n) is 9.13. The van der Waals surface area contributed by atoms with Crippen molar-refractivity contribution in [2.75, 3.05) is 0 Å². The average molecular weight is 210 g/mol. The Labute approximate surface area is 89.8 Å². The number of rotatable bonds is 1. The summed E-state index contributed by atoms with van der Waals surface area (Å²) < 4.78 is 0. The van der Waals surface area contributed by atoms with Crippen molar-refractivity contribution < 1.29 is 5.11 Å². The molecule has 14 heavy (non-hydrogen) atoms. The van der Waals surface area contributed by atoms with E-state index < -0.39 is 5.60 Å². The van der Waals surface area contributed by atoms with Crippen LogP contribution in [0.25, 0.3) is 0 Å². The molecular formula is C12H18OS. The van der Waals surface area contributed by atoms with Crippen molar-refractivity contribution in [3.8, 4) is 0 Å². The van der Waals surface area contributed by atoms with Crippen molar-refractivity contribution in [2.45, 2.75) is 45.6 Å². The summed E-state index contributed by atoms with van der Waals surface area (Å²) in [4.78, 5) is 1.18. The summed E-state index contributed by atoms with van der Waals surface area (Å²) >= 11 is 1.70. The topological polar surface area (TPSA) is 20.2 Å². The van der Waals surface area contributed by atoms with E-state index in [1.54, 1.807) is 11.3 Å². The summed E-state index contributed by atoms with van der Waals surface area (Å²) in [5.74, 6) is 0. The second kappa shape index (κ2) is 3.07. The van der Waals surface area contributed by atoms with E-state index in [0.29, 0.717) is 0 Å². The number of hydrogen-bond donors (Lipinski definition) is 1. The fourth-order valence-corrected chi connectivity index (χ4v) is 3.78. The molecule has 1 nitrogen and oxygen atoms in total. The molecule has 1 saturated carbocycles. The van der Waals surface area contributed by atoms with E-state index in [4.69, 9.17) is 0 Å². The number of hydrogen-bond acceptors (Lipinski definition) is 2. The molecule has 0 aliphatic heterocycles. The van der Waals surface area contributed by atoms with Gasteiger partial charge in [-0.05, 0) is 48.6 Å². The molecular weight excluding hydrogens is 192 g/mol. The predicted molar refractivity (Wildman–Crippen MR) is 60.6 cm³/mol. The highest BCUT2D eigenvalue weighted by atomic mass is 32.1. The van der Waals surface area contributed by atoms with E-state index in [2.05, 4.69) is 32.2 Å². The molecule has 1 aromatic rings. The van der Waals surface area contributed by atoms with Crippen LogP contribution in [0.15, 0.2) is 11.4 Å². The van der Waals surface area contributed by atoms with Gasteiger partial charge in [0, 0.05) is 4.88 Å². The lowest BCUT2D eigenvalue weighted by molar-refractivity contribution is -0.0457. The molecule has 0 radical (unpaired) electrons. The van der Waals surface area contributed by atoms with Gasteiger partial charge in [0.15, 0.2) is 0 Å². The molecule has 2 heteroatoms. The van der Waals surface area contributed by atoms with Gasteiger partial charge < -0.3 is 5.11 Å². The number of aryl methyl sites for hydroxylation is 1. The summed E-state index contributed by atoms with van der Waals surface area (Å²) in [6.45, 7) is 6.45. The van der Waals surface area contributed by atoms with Crippen LogP contribution in [0, 0.1) is 12.3 Å². The van der Waals surface area contributed by atoms with Crippen LogP contribution in [0.1, 0.15) is 43.6 Å². The minimum atomic E-state index is -0.578. The fraction of sp³-hybridized carbons (Fsp3) is 0.667. The van der Waals surface area contributed by atoms with Gasteiger partial charge in [0.2, 0.25) is 0 Å². The minimum Gasteiger partial charge on any atom is -0.384 e. The molecule has 1 aromatic heterocycles. The van der Waals surface area contributed by atoms with E-state index in [1.807, 2.05) is 0 Å². The van der Waals surface area contributed by atoms with E-state index in [-0.39, 0.29) is 5.41 Å². The van der Waals surface area contributed by atoms with E-state index >= 15 is 0 Å². The van der Waals surface area contributed by atoms with Crippen molar-refractivity contribution in [1.82, 2.24) is 0 Å². The second-order valence-corrected chi connectivity index (χ2v) is 5.95. The molecule has 78 valence electrons. The monoisotopic (exact) mass is 210 g/mol. The Balaban J connectivity index is 2.47. The van der Waals surface area contributed by atoms with E-state index in [9.17, 15) is 5.11 Å². The van der Waals surface area contributed by atoms with Crippen LogP contribution in [-0.2, 0) is 5.60 Å². The molecule has 1 N–H and O–H groups in total. The first-order valence-electron chi connectivity index (χ1n) is 5.24. The first-order chi connectivity index (χ1) is 6.47. The maximum atomic E-state index is 10.8. The van der Waals surface area contributed by atoms with Crippen molar-refractivity contribution >= 4 is 11.3 Å². The van der Waals surface area contributed by atoms with Crippen molar-refractivity contribution in [3.63, 3.8) is 0 Å². The predicted octanol–water partition coefficient (Wildman–Crippen LogP) is 3.45. The molecule has 0 amide bonds. The number of aliphatic hydroxyl groups is 1. The lowest BCUT2D eigenvalue weighted by Gasteiger charge is -2.36. The highest BCUT2D eigenvalue weighted by Gasteiger charge is 2.49. The zero-order chi connectivity index (χ0) is 10.4. The van der Waals surface area contributed by atoms with Gasteiger partial charge in [0.25, 0.3) is 0 Å². The average Bonchev–Trinajstić information content (AvgIpc) is 2.59. The third-order valence-corrected chi connectivity index (χ3v) is 4.87. The summed E-state index contributed by atoms with van der Waals surface area (Å²) in [6, 6.07) is 2.10. The third-order valence-electron chi connectivity index (χ3n) is 3.70. The van der Waals surface area contributed by atoms with Gasteiger partial charge in [-0.1, -0.05) is 13.8 Å². The highest BCUT2D eigenvalue weighted by molar-refractivity contribution is 7.10. The summed E-state index contributed by atoms with van der Waals surface area (Å²) in [7, 11) is 0. The van der Waals surface area contributed by atoms with Crippen LogP contribution in [0.4, 0.5) is 0 Å². The van der Waals surface area contributed by atoms with Gasteiger partial charge in [0.1, 0.15) is 5.60 Å². The van der Waals surface area contributed by atoms with Crippen LogP contribution < -0.4 is 0 Å². The minimum absolute atomic E-state index is 0.0304.